The minimum absolute atomic E-state index is 0.00879. The molecule has 0 radical (unpaired) electrons. The summed E-state index contributed by atoms with van der Waals surface area (Å²) < 4.78 is 7.36. The van der Waals surface area contributed by atoms with Crippen molar-refractivity contribution in [2.75, 3.05) is 13.7 Å². The van der Waals surface area contributed by atoms with E-state index in [0.717, 1.165) is 55.5 Å². The number of nitrogens with zero attached hydrogens (tertiary/aromatic N) is 4. The summed E-state index contributed by atoms with van der Waals surface area (Å²) in [6, 6.07) is 1.51. The van der Waals surface area contributed by atoms with Gasteiger partial charge >= 0.3 is 5.97 Å². The molecule has 1 amide bonds. The molecule has 7 heteroatoms. The van der Waals surface area contributed by atoms with E-state index in [4.69, 9.17) is 4.74 Å². The molecule has 2 rings (SSSR count). The third kappa shape index (κ3) is 6.27. The van der Waals surface area contributed by atoms with Crippen LogP contribution in [0.15, 0.2) is 18.5 Å². The Balaban J connectivity index is 1.80. The van der Waals surface area contributed by atoms with Crippen LogP contribution in [0.4, 0.5) is 0 Å². The van der Waals surface area contributed by atoms with Crippen LogP contribution in [-0.4, -0.2) is 51.0 Å². The maximum atomic E-state index is 12.6. The van der Waals surface area contributed by atoms with E-state index < -0.39 is 6.04 Å². The summed E-state index contributed by atoms with van der Waals surface area (Å²) in [5.41, 5.74) is 2.01. The highest BCUT2D eigenvalue weighted by Crippen LogP contribution is 2.16. The SMILES string of the molecule is CCCC[C@@H](C(=O)OCC)N(C)C(=O)CCCCCn1c(C)nc2cnccc21. The Morgan fingerprint density at radius 3 is 2.72 bits per heavy atom. The van der Waals surface area contributed by atoms with Gasteiger partial charge in [0.15, 0.2) is 0 Å². The molecule has 0 fully saturated rings. The van der Waals surface area contributed by atoms with Gasteiger partial charge in [-0.25, -0.2) is 9.78 Å². The first-order valence-electron chi connectivity index (χ1n) is 10.7. The van der Waals surface area contributed by atoms with Crippen molar-refractivity contribution >= 4 is 22.9 Å². The van der Waals surface area contributed by atoms with Crippen molar-refractivity contribution in [2.24, 2.45) is 0 Å². The van der Waals surface area contributed by atoms with Gasteiger partial charge in [-0.1, -0.05) is 26.2 Å². The van der Waals surface area contributed by atoms with Crippen molar-refractivity contribution in [1.29, 1.82) is 0 Å². The second-order valence-electron chi connectivity index (χ2n) is 7.40. The molecule has 0 aliphatic heterocycles. The van der Waals surface area contributed by atoms with Crippen molar-refractivity contribution in [2.45, 2.75) is 78.3 Å². The number of carbonyl (C=O) groups is 2. The molecule has 0 spiro atoms. The largest absolute Gasteiger partial charge is 0.464 e. The van der Waals surface area contributed by atoms with E-state index >= 15 is 0 Å². The molecule has 0 bridgehead atoms. The fraction of sp³-hybridized carbons (Fsp3) is 0.636. The number of unbranched alkanes of at least 4 members (excludes halogenated alkanes) is 3. The van der Waals surface area contributed by atoms with Crippen LogP contribution >= 0.6 is 0 Å². The van der Waals surface area contributed by atoms with Gasteiger partial charge in [0.25, 0.3) is 0 Å². The van der Waals surface area contributed by atoms with Crippen LogP contribution in [0.25, 0.3) is 11.0 Å². The average Bonchev–Trinajstić information content (AvgIpc) is 3.03. The molecule has 160 valence electrons. The first-order valence-corrected chi connectivity index (χ1v) is 10.7. The summed E-state index contributed by atoms with van der Waals surface area (Å²) in [5, 5.41) is 0. The molecular formula is C22H34N4O3. The zero-order chi connectivity index (χ0) is 21.2. The van der Waals surface area contributed by atoms with Crippen molar-refractivity contribution in [1.82, 2.24) is 19.4 Å². The lowest BCUT2D eigenvalue weighted by atomic mass is 10.1. The number of likely N-dealkylation sites (N-methyl/N-ethyl adjacent to an activating group) is 1. The van der Waals surface area contributed by atoms with E-state index in [2.05, 4.69) is 21.5 Å². The maximum absolute atomic E-state index is 12.6. The topological polar surface area (TPSA) is 77.3 Å². The van der Waals surface area contributed by atoms with Crippen LogP contribution in [0, 0.1) is 6.92 Å². The number of aromatic nitrogens is 3. The van der Waals surface area contributed by atoms with E-state index in [1.54, 1.807) is 31.3 Å². The monoisotopic (exact) mass is 402 g/mol. The van der Waals surface area contributed by atoms with Gasteiger partial charge in [0.05, 0.1) is 18.3 Å². The normalized spacial score (nSPS) is 12.1. The Bertz CT molecular complexity index is 802. The van der Waals surface area contributed by atoms with Gasteiger partial charge in [-0.05, 0) is 39.2 Å². The number of rotatable bonds is 12. The number of hydrogen-bond donors (Lipinski definition) is 0. The Labute approximate surface area is 173 Å². The van der Waals surface area contributed by atoms with Crippen LogP contribution in [0.1, 0.15) is 64.6 Å². The molecule has 2 aromatic rings. The van der Waals surface area contributed by atoms with Gasteiger partial charge in [0.1, 0.15) is 17.4 Å². The predicted octanol–water partition coefficient (Wildman–Crippen LogP) is 3.88. The zero-order valence-electron chi connectivity index (χ0n) is 18.2. The van der Waals surface area contributed by atoms with Crippen LogP contribution in [0.2, 0.25) is 0 Å². The molecule has 29 heavy (non-hydrogen) atoms. The third-order valence-corrected chi connectivity index (χ3v) is 5.26. The molecule has 0 unspecified atom stereocenters. The third-order valence-electron chi connectivity index (χ3n) is 5.26. The average molecular weight is 403 g/mol. The van der Waals surface area contributed by atoms with Crippen molar-refractivity contribution in [3.05, 3.63) is 24.3 Å². The Morgan fingerprint density at radius 1 is 1.21 bits per heavy atom. The van der Waals surface area contributed by atoms with E-state index in [1.807, 2.05) is 13.0 Å². The number of imidazole rings is 1. The van der Waals surface area contributed by atoms with E-state index in [1.165, 1.54) is 0 Å². The minimum atomic E-state index is -0.476. The first kappa shape index (κ1) is 22.8. The molecule has 0 saturated carbocycles. The van der Waals surface area contributed by atoms with Gasteiger partial charge in [-0.3, -0.25) is 9.78 Å². The molecule has 2 aromatic heterocycles. The Morgan fingerprint density at radius 2 is 2.00 bits per heavy atom. The maximum Gasteiger partial charge on any atom is 0.328 e. The van der Waals surface area contributed by atoms with Gasteiger partial charge in [0.2, 0.25) is 5.91 Å². The summed E-state index contributed by atoms with van der Waals surface area (Å²) in [6.07, 6.45) is 9.28. The molecule has 7 nitrogen and oxygen atoms in total. The summed E-state index contributed by atoms with van der Waals surface area (Å²) >= 11 is 0. The highest BCUT2D eigenvalue weighted by molar-refractivity contribution is 5.84. The summed E-state index contributed by atoms with van der Waals surface area (Å²) in [7, 11) is 1.72. The number of ether oxygens (including phenoxy) is 1. The van der Waals surface area contributed by atoms with Crippen molar-refractivity contribution < 1.29 is 14.3 Å². The second-order valence-corrected chi connectivity index (χ2v) is 7.40. The lowest BCUT2D eigenvalue weighted by molar-refractivity contribution is -0.154. The van der Waals surface area contributed by atoms with Gasteiger partial charge in [-0.2, -0.15) is 0 Å². The molecule has 0 aromatic carbocycles. The molecule has 1 atom stereocenters. The number of esters is 1. The summed E-state index contributed by atoms with van der Waals surface area (Å²) in [6.45, 7) is 7.08. The fourth-order valence-corrected chi connectivity index (χ4v) is 3.56. The Hall–Kier alpha value is -2.44. The number of fused-ring (bicyclic) bond motifs is 1. The summed E-state index contributed by atoms with van der Waals surface area (Å²) in [5.74, 6) is 0.695. The van der Waals surface area contributed by atoms with Crippen molar-refractivity contribution in [3.63, 3.8) is 0 Å². The quantitative estimate of drug-likeness (QED) is 0.398. The van der Waals surface area contributed by atoms with Gasteiger partial charge in [-0.15, -0.1) is 0 Å². The lowest BCUT2D eigenvalue weighted by Gasteiger charge is -2.26. The predicted molar refractivity (Wildman–Crippen MR) is 113 cm³/mol. The lowest BCUT2D eigenvalue weighted by Crippen LogP contribution is -2.43. The first-order chi connectivity index (χ1) is 14.0. The molecule has 0 aliphatic carbocycles. The second kappa shape index (κ2) is 11.5. The smallest absolute Gasteiger partial charge is 0.328 e. The number of aryl methyl sites for hydroxylation is 2. The number of pyridine rings is 1. The molecule has 0 N–H and O–H groups in total. The standard InChI is InChI=1S/C22H34N4O3/c1-5-7-11-20(22(28)29-6-2)25(4)21(27)12-9-8-10-15-26-17(3)24-18-16-23-14-13-19(18)26/h13-14,16,20H,5-12,15H2,1-4H3/t20-/m0/s1. The molecular weight excluding hydrogens is 368 g/mol. The van der Waals surface area contributed by atoms with Crippen LogP contribution in [0.5, 0.6) is 0 Å². The van der Waals surface area contributed by atoms with Crippen LogP contribution in [0.3, 0.4) is 0 Å². The van der Waals surface area contributed by atoms with Gasteiger partial charge < -0.3 is 14.2 Å². The number of carbonyl (C=O) groups excluding carboxylic acids is 2. The number of hydrogen-bond acceptors (Lipinski definition) is 5. The number of amides is 1. The fourth-order valence-electron chi connectivity index (χ4n) is 3.56. The molecule has 0 saturated heterocycles. The highest BCUT2D eigenvalue weighted by Gasteiger charge is 2.27. The minimum Gasteiger partial charge on any atom is -0.464 e. The van der Waals surface area contributed by atoms with E-state index in [-0.39, 0.29) is 11.9 Å². The van der Waals surface area contributed by atoms with Crippen molar-refractivity contribution in [3.8, 4) is 0 Å². The van der Waals surface area contributed by atoms with E-state index in [9.17, 15) is 9.59 Å². The zero-order valence-corrected chi connectivity index (χ0v) is 18.2. The Kier molecular flexibility index (Phi) is 9.09. The van der Waals surface area contributed by atoms with E-state index in [0.29, 0.717) is 19.4 Å². The van der Waals surface area contributed by atoms with Gasteiger partial charge in [0, 0.05) is 26.2 Å². The van der Waals surface area contributed by atoms with Crippen LogP contribution in [-0.2, 0) is 20.9 Å². The highest BCUT2D eigenvalue weighted by atomic mass is 16.5. The summed E-state index contributed by atoms with van der Waals surface area (Å²) in [4.78, 5) is 35.0. The molecule has 2 heterocycles. The molecule has 0 aliphatic rings. The van der Waals surface area contributed by atoms with Crippen LogP contribution < -0.4 is 0 Å².